The second-order valence-corrected chi connectivity index (χ2v) is 6.65. The Morgan fingerprint density at radius 2 is 1.92 bits per heavy atom. The van der Waals surface area contributed by atoms with Gasteiger partial charge in [-0.3, -0.25) is 14.5 Å². The molecule has 1 heterocycles. The summed E-state index contributed by atoms with van der Waals surface area (Å²) >= 11 is 0. The highest BCUT2D eigenvalue weighted by Crippen LogP contribution is 2.41. The first-order valence-electron chi connectivity index (χ1n) is 8.27. The number of benzene rings is 1. The van der Waals surface area contributed by atoms with Crippen LogP contribution in [0, 0.1) is 0 Å². The molecular weight excluding hydrogens is 335 g/mol. The molecule has 1 aliphatic heterocycles. The molecule has 1 aromatic carbocycles. The van der Waals surface area contributed by atoms with Crippen LogP contribution in [-0.2, 0) is 15.8 Å². The van der Waals surface area contributed by atoms with Gasteiger partial charge >= 0.3 is 6.18 Å². The molecular formula is C17H20F3N3O2. The van der Waals surface area contributed by atoms with Crippen molar-refractivity contribution in [1.29, 1.82) is 0 Å². The number of nitrogens with zero attached hydrogens (tertiary/aromatic N) is 1. The Morgan fingerprint density at radius 3 is 2.48 bits per heavy atom. The van der Waals surface area contributed by atoms with Crippen LogP contribution in [0.25, 0.3) is 0 Å². The molecule has 1 aromatic rings. The number of hydrogen-bond acceptors (Lipinski definition) is 3. The van der Waals surface area contributed by atoms with Gasteiger partial charge in [-0.15, -0.1) is 0 Å². The molecule has 25 heavy (non-hydrogen) atoms. The number of carbonyl (C=O) groups excluding carboxylic acids is 2. The Balaban J connectivity index is 1.62. The molecule has 1 saturated carbocycles. The predicted octanol–water partition coefficient (Wildman–Crippen LogP) is 2.39. The minimum atomic E-state index is -4.40. The summed E-state index contributed by atoms with van der Waals surface area (Å²) in [6.45, 7) is 1.20. The summed E-state index contributed by atoms with van der Waals surface area (Å²) in [6, 6.07) is 4.37. The van der Waals surface area contributed by atoms with Crippen molar-refractivity contribution >= 4 is 17.5 Å². The summed E-state index contributed by atoms with van der Waals surface area (Å²) in [5.41, 5.74) is -0.682. The van der Waals surface area contributed by atoms with E-state index in [2.05, 4.69) is 10.6 Å². The smallest absolute Gasteiger partial charge is 0.355 e. The molecule has 3 rings (SSSR count). The van der Waals surface area contributed by atoms with Crippen LogP contribution >= 0.6 is 0 Å². The number of nitrogens with one attached hydrogen (secondary N) is 2. The Hall–Kier alpha value is -2.09. The van der Waals surface area contributed by atoms with E-state index in [1.807, 2.05) is 4.90 Å². The minimum absolute atomic E-state index is 0.00495. The van der Waals surface area contributed by atoms with Crippen molar-refractivity contribution in [2.24, 2.45) is 0 Å². The highest BCUT2D eigenvalue weighted by molar-refractivity contribution is 5.92. The highest BCUT2D eigenvalue weighted by atomic mass is 19.4. The average molecular weight is 355 g/mol. The van der Waals surface area contributed by atoms with Crippen molar-refractivity contribution in [2.75, 3.05) is 25.0 Å². The van der Waals surface area contributed by atoms with Crippen molar-refractivity contribution in [2.45, 2.75) is 37.4 Å². The number of alkyl halides is 3. The van der Waals surface area contributed by atoms with Crippen LogP contribution in [0.3, 0.4) is 0 Å². The molecule has 1 aliphatic carbocycles. The quantitative estimate of drug-likeness (QED) is 0.875. The third-order valence-corrected chi connectivity index (χ3v) is 4.98. The molecule has 2 fully saturated rings. The summed E-state index contributed by atoms with van der Waals surface area (Å²) in [5, 5.41) is 5.45. The SMILES string of the molecule is O=C1CC2(CCC2)N(CC(=O)Nc2ccc(C(F)(F)F)cc2)CCN1. The Bertz CT molecular complexity index is 654. The molecule has 1 saturated heterocycles. The Kier molecular flexibility index (Phi) is 4.73. The van der Waals surface area contributed by atoms with Crippen LogP contribution < -0.4 is 10.6 Å². The van der Waals surface area contributed by atoms with Crippen molar-refractivity contribution < 1.29 is 22.8 Å². The van der Waals surface area contributed by atoms with Crippen LogP contribution in [0.1, 0.15) is 31.2 Å². The molecule has 0 unspecified atom stereocenters. The largest absolute Gasteiger partial charge is 0.416 e. The molecule has 2 aliphatic rings. The van der Waals surface area contributed by atoms with E-state index in [9.17, 15) is 22.8 Å². The molecule has 136 valence electrons. The molecule has 0 bridgehead atoms. The molecule has 0 atom stereocenters. The first-order valence-corrected chi connectivity index (χ1v) is 8.27. The van der Waals surface area contributed by atoms with E-state index in [0.29, 0.717) is 25.2 Å². The summed E-state index contributed by atoms with van der Waals surface area (Å²) in [4.78, 5) is 26.1. The fourth-order valence-corrected chi connectivity index (χ4v) is 3.48. The van der Waals surface area contributed by atoms with Gasteiger partial charge in [0.1, 0.15) is 0 Å². The normalized spacial score (nSPS) is 20.5. The molecule has 0 radical (unpaired) electrons. The van der Waals surface area contributed by atoms with E-state index < -0.39 is 11.7 Å². The van der Waals surface area contributed by atoms with Crippen molar-refractivity contribution in [1.82, 2.24) is 10.2 Å². The average Bonchev–Trinajstić information content (AvgIpc) is 2.65. The topological polar surface area (TPSA) is 61.4 Å². The second kappa shape index (κ2) is 6.67. The predicted molar refractivity (Wildman–Crippen MR) is 85.9 cm³/mol. The van der Waals surface area contributed by atoms with E-state index >= 15 is 0 Å². The van der Waals surface area contributed by atoms with Crippen molar-refractivity contribution in [3.05, 3.63) is 29.8 Å². The third kappa shape index (κ3) is 3.95. The summed E-state index contributed by atoms with van der Waals surface area (Å²) in [7, 11) is 0. The van der Waals surface area contributed by atoms with Gasteiger partial charge < -0.3 is 10.6 Å². The van der Waals surface area contributed by atoms with Crippen LogP contribution in [0.2, 0.25) is 0 Å². The lowest BCUT2D eigenvalue weighted by atomic mass is 9.73. The first-order chi connectivity index (χ1) is 11.8. The first kappa shape index (κ1) is 17.7. The zero-order chi connectivity index (χ0) is 18.1. The fourth-order valence-electron chi connectivity index (χ4n) is 3.48. The molecule has 1 spiro atoms. The number of anilines is 1. The maximum atomic E-state index is 12.6. The molecule has 5 nitrogen and oxygen atoms in total. The van der Waals surface area contributed by atoms with Gasteiger partial charge in [-0.1, -0.05) is 0 Å². The van der Waals surface area contributed by atoms with Crippen LogP contribution in [0.5, 0.6) is 0 Å². The number of rotatable bonds is 3. The van der Waals surface area contributed by atoms with Gasteiger partial charge in [-0.05, 0) is 43.5 Å². The third-order valence-electron chi connectivity index (χ3n) is 4.98. The van der Waals surface area contributed by atoms with Crippen LogP contribution in [-0.4, -0.2) is 41.9 Å². The maximum absolute atomic E-state index is 12.6. The van der Waals surface area contributed by atoms with E-state index in [4.69, 9.17) is 0 Å². The van der Waals surface area contributed by atoms with Gasteiger partial charge in [0.2, 0.25) is 11.8 Å². The van der Waals surface area contributed by atoms with E-state index in [1.54, 1.807) is 0 Å². The fraction of sp³-hybridized carbons (Fsp3) is 0.529. The number of amides is 2. The summed E-state index contributed by atoms with van der Waals surface area (Å²) in [6.07, 6.45) is -1.21. The maximum Gasteiger partial charge on any atom is 0.416 e. The van der Waals surface area contributed by atoms with Gasteiger partial charge in [0.25, 0.3) is 0 Å². The Morgan fingerprint density at radius 1 is 1.24 bits per heavy atom. The van der Waals surface area contributed by atoms with Gasteiger partial charge in [-0.25, -0.2) is 0 Å². The Labute approximate surface area is 143 Å². The van der Waals surface area contributed by atoms with Crippen molar-refractivity contribution in [3.63, 3.8) is 0 Å². The zero-order valence-electron chi connectivity index (χ0n) is 13.7. The van der Waals surface area contributed by atoms with E-state index in [0.717, 1.165) is 31.4 Å². The van der Waals surface area contributed by atoms with Gasteiger partial charge in [0, 0.05) is 30.7 Å². The molecule has 2 N–H and O–H groups in total. The lowest BCUT2D eigenvalue weighted by molar-refractivity contribution is -0.137. The monoisotopic (exact) mass is 355 g/mol. The van der Waals surface area contributed by atoms with Gasteiger partial charge in [-0.2, -0.15) is 13.2 Å². The van der Waals surface area contributed by atoms with Crippen LogP contribution in [0.4, 0.5) is 18.9 Å². The second-order valence-electron chi connectivity index (χ2n) is 6.65. The lowest BCUT2D eigenvalue weighted by Crippen LogP contribution is -2.56. The van der Waals surface area contributed by atoms with Crippen LogP contribution in [0.15, 0.2) is 24.3 Å². The number of carbonyl (C=O) groups is 2. The zero-order valence-corrected chi connectivity index (χ0v) is 13.7. The molecule has 0 aromatic heterocycles. The standard InChI is InChI=1S/C17H20F3N3O2/c18-17(19,20)12-2-4-13(5-3-12)22-15(25)11-23-9-8-21-14(24)10-16(23)6-1-7-16/h2-5H,1,6-11H2,(H,21,24)(H,22,25). The molecule has 2 amide bonds. The lowest BCUT2D eigenvalue weighted by Gasteiger charge is -2.48. The number of halogens is 3. The molecule has 8 heteroatoms. The number of hydrogen-bond donors (Lipinski definition) is 2. The highest BCUT2D eigenvalue weighted by Gasteiger charge is 2.45. The van der Waals surface area contributed by atoms with E-state index in [-0.39, 0.29) is 23.9 Å². The summed E-state index contributed by atoms with van der Waals surface area (Å²) < 4.78 is 37.7. The van der Waals surface area contributed by atoms with Gasteiger partial charge in [0.05, 0.1) is 12.1 Å². The summed E-state index contributed by atoms with van der Waals surface area (Å²) in [5.74, 6) is -0.286. The van der Waals surface area contributed by atoms with Gasteiger partial charge in [0.15, 0.2) is 0 Å². The minimum Gasteiger partial charge on any atom is -0.355 e. The van der Waals surface area contributed by atoms with Crippen molar-refractivity contribution in [3.8, 4) is 0 Å². The van der Waals surface area contributed by atoms with E-state index in [1.165, 1.54) is 12.1 Å².